The van der Waals surface area contributed by atoms with Gasteiger partial charge in [-0.15, -0.1) is 0 Å². The van der Waals surface area contributed by atoms with Gasteiger partial charge in [0.25, 0.3) is 0 Å². The van der Waals surface area contributed by atoms with Gasteiger partial charge in [-0.2, -0.15) is 13.2 Å². The summed E-state index contributed by atoms with van der Waals surface area (Å²) in [5.74, 6) is 0. The smallest absolute Gasteiger partial charge is 0.166 e. The number of hydrogen-bond acceptors (Lipinski definition) is 0. The largest absolute Gasteiger partial charge is 0.416 e. The van der Waals surface area contributed by atoms with Crippen LogP contribution in [-0.2, 0) is 11.6 Å². The van der Waals surface area contributed by atoms with Gasteiger partial charge in [0, 0.05) is 0 Å². The number of hydrogen-bond donors (Lipinski definition) is 0. The molecule has 0 bridgehead atoms. The van der Waals surface area contributed by atoms with Gasteiger partial charge in [0.05, 0.1) is 5.56 Å². The maximum absolute atomic E-state index is 13.1. The number of unbranched alkanes of at least 4 members (excludes halogenated alkanes) is 5. The van der Waals surface area contributed by atoms with Crippen molar-refractivity contribution in [3.05, 3.63) is 35.4 Å². The monoisotopic (exact) mass is 464 g/mol. The Hall–Kier alpha value is -0.990. The summed E-state index contributed by atoms with van der Waals surface area (Å²) in [5.41, 5.74) is 1.31. The van der Waals surface area contributed by atoms with Crippen molar-refractivity contribution in [3.63, 3.8) is 0 Å². The van der Waals surface area contributed by atoms with Gasteiger partial charge in [-0.3, -0.25) is 0 Å². The van der Waals surface area contributed by atoms with Gasteiger partial charge in [-0.05, 0) is 73.5 Å². The van der Waals surface area contributed by atoms with Gasteiger partial charge in [0.15, 0.2) is 0 Å². The number of rotatable bonds is 12. The molecule has 188 valence electrons. The molecule has 1 aromatic carbocycles. The van der Waals surface area contributed by atoms with Crippen LogP contribution in [0.3, 0.4) is 0 Å². The van der Waals surface area contributed by atoms with Crippen molar-refractivity contribution < 1.29 is 13.2 Å². The summed E-state index contributed by atoms with van der Waals surface area (Å²) in [6, 6.07) is 6.18. The Labute approximate surface area is 201 Å². The van der Waals surface area contributed by atoms with Gasteiger partial charge >= 0.3 is 6.18 Å². The van der Waals surface area contributed by atoms with Crippen LogP contribution < -0.4 is 0 Å². The molecule has 0 radical (unpaired) electrons. The molecule has 3 heteroatoms. The Morgan fingerprint density at radius 3 is 1.73 bits per heavy atom. The minimum atomic E-state index is -4.25. The first-order valence-electron chi connectivity index (χ1n) is 14.1. The SMILES string of the molecule is CCCCCCCC1(CCCCC2(c3ccc(C(F)(F)F)cc3)CCCCC2)CCCCC1. The fourth-order valence-corrected chi connectivity index (χ4v) is 6.92. The van der Waals surface area contributed by atoms with Crippen LogP contribution >= 0.6 is 0 Å². The van der Waals surface area contributed by atoms with Gasteiger partial charge in [-0.25, -0.2) is 0 Å². The van der Waals surface area contributed by atoms with Crippen LogP contribution in [-0.4, -0.2) is 0 Å². The van der Waals surface area contributed by atoms with E-state index in [4.69, 9.17) is 0 Å². The molecular weight excluding hydrogens is 417 g/mol. The fourth-order valence-electron chi connectivity index (χ4n) is 6.92. The second-order valence-electron chi connectivity index (χ2n) is 11.3. The van der Waals surface area contributed by atoms with Crippen LogP contribution in [0.25, 0.3) is 0 Å². The molecule has 0 N–H and O–H groups in total. The zero-order chi connectivity index (χ0) is 23.6. The molecule has 0 saturated heterocycles. The standard InChI is InChI=1S/C30H47F3/c1-2-3-4-5-8-19-28(20-9-6-10-21-28)22-13-14-25-29(23-11-7-12-24-29)26-15-17-27(18-16-26)30(31,32)33/h15-18H,2-14,19-25H2,1H3. The first-order chi connectivity index (χ1) is 15.9. The Kier molecular flexibility index (Phi) is 10.2. The van der Waals surface area contributed by atoms with Crippen molar-refractivity contribution in [2.75, 3.05) is 0 Å². The summed E-state index contributed by atoms with van der Waals surface area (Å²) in [6.07, 6.45) is 22.1. The third-order valence-electron chi connectivity index (χ3n) is 8.97. The van der Waals surface area contributed by atoms with E-state index < -0.39 is 11.7 Å². The average Bonchev–Trinajstić information content (AvgIpc) is 2.83. The highest BCUT2D eigenvalue weighted by atomic mass is 19.4. The average molecular weight is 465 g/mol. The molecule has 3 rings (SSSR count). The van der Waals surface area contributed by atoms with E-state index in [1.54, 1.807) is 12.1 Å². The third-order valence-corrected chi connectivity index (χ3v) is 8.97. The molecule has 2 aliphatic rings. The van der Waals surface area contributed by atoms with Crippen molar-refractivity contribution in [3.8, 4) is 0 Å². The van der Waals surface area contributed by atoms with Crippen LogP contribution in [0.15, 0.2) is 24.3 Å². The maximum Gasteiger partial charge on any atom is 0.416 e. The van der Waals surface area contributed by atoms with E-state index in [0.717, 1.165) is 24.8 Å². The van der Waals surface area contributed by atoms with E-state index in [-0.39, 0.29) is 5.41 Å². The second-order valence-corrected chi connectivity index (χ2v) is 11.3. The summed E-state index contributed by atoms with van der Waals surface area (Å²) in [4.78, 5) is 0. The topological polar surface area (TPSA) is 0 Å². The summed E-state index contributed by atoms with van der Waals surface area (Å²) in [7, 11) is 0. The first kappa shape index (κ1) is 26.6. The van der Waals surface area contributed by atoms with E-state index in [0.29, 0.717) is 5.41 Å². The molecule has 0 unspecified atom stereocenters. The van der Waals surface area contributed by atoms with Gasteiger partial charge in [-0.1, -0.05) is 103 Å². The quantitative estimate of drug-likeness (QED) is 0.270. The van der Waals surface area contributed by atoms with Crippen LogP contribution in [0.1, 0.15) is 146 Å². The molecule has 2 fully saturated rings. The normalized spacial score (nSPS) is 20.6. The van der Waals surface area contributed by atoms with Gasteiger partial charge in [0.1, 0.15) is 0 Å². The lowest BCUT2D eigenvalue weighted by atomic mass is 9.65. The first-order valence-corrected chi connectivity index (χ1v) is 14.1. The highest BCUT2D eigenvalue weighted by Crippen LogP contribution is 2.47. The van der Waals surface area contributed by atoms with Crippen molar-refractivity contribution in [2.24, 2.45) is 5.41 Å². The Morgan fingerprint density at radius 1 is 0.636 bits per heavy atom. The van der Waals surface area contributed by atoms with Crippen molar-refractivity contribution in [1.82, 2.24) is 0 Å². The maximum atomic E-state index is 13.1. The highest BCUT2D eigenvalue weighted by Gasteiger charge is 2.36. The molecule has 33 heavy (non-hydrogen) atoms. The Bertz CT molecular complexity index is 661. The van der Waals surface area contributed by atoms with Crippen LogP contribution in [0.5, 0.6) is 0 Å². The minimum absolute atomic E-state index is 0.0995. The van der Waals surface area contributed by atoms with Crippen LogP contribution in [0.4, 0.5) is 13.2 Å². The van der Waals surface area contributed by atoms with E-state index in [1.807, 2.05) is 0 Å². The molecule has 0 heterocycles. The van der Waals surface area contributed by atoms with Crippen LogP contribution in [0.2, 0.25) is 0 Å². The molecule has 0 amide bonds. The molecule has 0 nitrogen and oxygen atoms in total. The highest BCUT2D eigenvalue weighted by molar-refractivity contribution is 5.31. The summed E-state index contributed by atoms with van der Waals surface area (Å²) < 4.78 is 39.2. The fraction of sp³-hybridized carbons (Fsp3) is 0.800. The molecule has 0 spiro atoms. The Morgan fingerprint density at radius 2 is 1.15 bits per heavy atom. The number of alkyl halides is 3. The van der Waals surface area contributed by atoms with Crippen LogP contribution in [0, 0.1) is 5.41 Å². The molecule has 2 saturated carbocycles. The Balaban J connectivity index is 1.57. The lowest BCUT2D eigenvalue weighted by molar-refractivity contribution is -0.137. The number of halogens is 3. The zero-order valence-electron chi connectivity index (χ0n) is 21.1. The zero-order valence-corrected chi connectivity index (χ0v) is 21.1. The molecular formula is C30H47F3. The molecule has 0 atom stereocenters. The minimum Gasteiger partial charge on any atom is -0.166 e. The van der Waals surface area contributed by atoms with Crippen molar-refractivity contribution >= 4 is 0 Å². The molecule has 1 aromatic rings. The second kappa shape index (κ2) is 12.6. The number of benzene rings is 1. The van der Waals surface area contributed by atoms with Gasteiger partial charge in [0.2, 0.25) is 0 Å². The van der Waals surface area contributed by atoms with E-state index in [1.165, 1.54) is 121 Å². The van der Waals surface area contributed by atoms with E-state index in [2.05, 4.69) is 6.92 Å². The molecule has 2 aliphatic carbocycles. The van der Waals surface area contributed by atoms with E-state index in [9.17, 15) is 13.2 Å². The molecule has 0 aromatic heterocycles. The lowest BCUT2D eigenvalue weighted by Gasteiger charge is -2.40. The third kappa shape index (κ3) is 7.76. The van der Waals surface area contributed by atoms with Gasteiger partial charge < -0.3 is 0 Å². The molecule has 0 aliphatic heterocycles. The summed E-state index contributed by atoms with van der Waals surface area (Å²) in [6.45, 7) is 2.28. The predicted octanol–water partition coefficient (Wildman–Crippen LogP) is 10.8. The predicted molar refractivity (Wildman–Crippen MR) is 134 cm³/mol. The summed E-state index contributed by atoms with van der Waals surface area (Å²) in [5, 5.41) is 0. The lowest BCUT2D eigenvalue weighted by Crippen LogP contribution is -2.29. The summed E-state index contributed by atoms with van der Waals surface area (Å²) >= 11 is 0. The van der Waals surface area contributed by atoms with Crippen molar-refractivity contribution in [2.45, 2.75) is 147 Å². The van der Waals surface area contributed by atoms with E-state index >= 15 is 0 Å². The van der Waals surface area contributed by atoms with Crippen molar-refractivity contribution in [1.29, 1.82) is 0 Å².